The Morgan fingerprint density at radius 2 is 2.12 bits per heavy atom. The van der Waals surface area contributed by atoms with E-state index in [4.69, 9.17) is 18.7 Å². The minimum absolute atomic E-state index is 0.120. The Kier molecular flexibility index (Phi) is 3.54. The minimum atomic E-state index is -0.508. The Labute approximate surface area is 136 Å². The number of ether oxygens (including phenoxy) is 3. The van der Waals surface area contributed by atoms with Gasteiger partial charge in [-0.05, 0) is 30.3 Å². The minimum Gasteiger partial charge on any atom is -0.454 e. The molecule has 2 aromatic heterocycles. The van der Waals surface area contributed by atoms with Crippen molar-refractivity contribution in [1.29, 1.82) is 0 Å². The Bertz CT molecular complexity index is 878. The normalized spacial score (nSPS) is 12.2. The van der Waals surface area contributed by atoms with Gasteiger partial charge in [0.2, 0.25) is 12.6 Å². The molecular weight excluding hydrogens is 314 g/mol. The fourth-order valence-corrected chi connectivity index (χ4v) is 2.16. The molecule has 0 aliphatic carbocycles. The molecule has 0 spiro atoms. The first-order chi connectivity index (χ1) is 11.8. The van der Waals surface area contributed by atoms with Gasteiger partial charge in [-0.2, -0.15) is 4.98 Å². The van der Waals surface area contributed by atoms with Gasteiger partial charge in [-0.15, -0.1) is 0 Å². The van der Waals surface area contributed by atoms with E-state index in [0.29, 0.717) is 28.5 Å². The summed E-state index contributed by atoms with van der Waals surface area (Å²) < 4.78 is 20.8. The number of carbonyl (C=O) groups excluding carboxylic acids is 1. The SMILES string of the molecule is O=C(OCc1nc(-c2ccc3c(c2)OCO3)no1)c1cccnc1. The maximum absolute atomic E-state index is 11.8. The molecule has 0 bridgehead atoms. The Morgan fingerprint density at radius 3 is 3.00 bits per heavy atom. The third-order valence-corrected chi connectivity index (χ3v) is 3.32. The molecule has 8 heteroatoms. The van der Waals surface area contributed by atoms with Gasteiger partial charge >= 0.3 is 5.97 Å². The molecule has 0 saturated heterocycles. The molecular formula is C16H11N3O5. The molecule has 8 nitrogen and oxygen atoms in total. The molecule has 0 unspecified atom stereocenters. The molecule has 0 saturated carbocycles. The second kappa shape index (κ2) is 5.99. The van der Waals surface area contributed by atoms with Crippen LogP contribution in [0.4, 0.5) is 0 Å². The summed E-state index contributed by atoms with van der Waals surface area (Å²) in [6.45, 7) is 0.0753. The number of carbonyl (C=O) groups is 1. The summed E-state index contributed by atoms with van der Waals surface area (Å²) in [4.78, 5) is 19.9. The van der Waals surface area contributed by atoms with Crippen LogP contribution in [0.15, 0.2) is 47.2 Å². The van der Waals surface area contributed by atoms with Gasteiger partial charge in [0.15, 0.2) is 18.1 Å². The van der Waals surface area contributed by atoms with Crippen LogP contribution in [0.5, 0.6) is 11.5 Å². The zero-order valence-corrected chi connectivity index (χ0v) is 12.3. The molecule has 0 radical (unpaired) electrons. The van der Waals surface area contributed by atoms with Crippen molar-refractivity contribution in [3.63, 3.8) is 0 Å². The van der Waals surface area contributed by atoms with E-state index in [1.807, 2.05) is 0 Å². The molecule has 4 rings (SSSR count). The van der Waals surface area contributed by atoms with Crippen molar-refractivity contribution in [2.45, 2.75) is 6.61 Å². The van der Waals surface area contributed by atoms with Crippen LogP contribution in [0.3, 0.4) is 0 Å². The highest BCUT2D eigenvalue weighted by Gasteiger charge is 2.17. The molecule has 1 aliphatic rings. The number of benzene rings is 1. The molecule has 0 amide bonds. The second-order valence-electron chi connectivity index (χ2n) is 4.90. The number of hydrogen-bond acceptors (Lipinski definition) is 8. The monoisotopic (exact) mass is 325 g/mol. The Hall–Kier alpha value is -3.42. The highest BCUT2D eigenvalue weighted by Crippen LogP contribution is 2.35. The number of pyridine rings is 1. The zero-order chi connectivity index (χ0) is 16.4. The van der Waals surface area contributed by atoms with E-state index in [0.717, 1.165) is 0 Å². The predicted octanol–water partition coefficient (Wildman–Crippen LogP) is 2.22. The quantitative estimate of drug-likeness (QED) is 0.674. The fraction of sp³-hybridized carbons (Fsp3) is 0.125. The molecule has 120 valence electrons. The van der Waals surface area contributed by atoms with Crippen LogP contribution < -0.4 is 9.47 Å². The summed E-state index contributed by atoms with van der Waals surface area (Å²) in [5.74, 6) is 1.36. The van der Waals surface area contributed by atoms with Crippen molar-refractivity contribution in [2.75, 3.05) is 6.79 Å². The largest absolute Gasteiger partial charge is 0.454 e. The third kappa shape index (κ3) is 2.76. The lowest BCUT2D eigenvalue weighted by atomic mass is 10.2. The summed E-state index contributed by atoms with van der Waals surface area (Å²) in [7, 11) is 0. The summed E-state index contributed by atoms with van der Waals surface area (Å²) in [5, 5.41) is 3.88. The highest BCUT2D eigenvalue weighted by atomic mass is 16.7. The molecule has 24 heavy (non-hydrogen) atoms. The molecule has 0 atom stereocenters. The van der Waals surface area contributed by atoms with E-state index in [-0.39, 0.29) is 19.3 Å². The van der Waals surface area contributed by atoms with E-state index >= 15 is 0 Å². The number of rotatable bonds is 4. The van der Waals surface area contributed by atoms with Crippen molar-refractivity contribution >= 4 is 5.97 Å². The first kappa shape index (κ1) is 14.2. The summed E-state index contributed by atoms with van der Waals surface area (Å²) in [6.07, 6.45) is 3.00. The van der Waals surface area contributed by atoms with E-state index in [1.165, 1.54) is 6.20 Å². The fourth-order valence-electron chi connectivity index (χ4n) is 2.16. The second-order valence-corrected chi connectivity index (χ2v) is 4.90. The van der Waals surface area contributed by atoms with Crippen LogP contribution in [0, 0.1) is 0 Å². The Balaban J connectivity index is 1.44. The van der Waals surface area contributed by atoms with Crippen LogP contribution in [-0.2, 0) is 11.3 Å². The predicted molar refractivity (Wildman–Crippen MR) is 79.2 cm³/mol. The van der Waals surface area contributed by atoms with E-state index in [2.05, 4.69) is 15.1 Å². The number of esters is 1. The van der Waals surface area contributed by atoms with Gasteiger partial charge in [-0.1, -0.05) is 5.16 Å². The topological polar surface area (TPSA) is 96.6 Å². The van der Waals surface area contributed by atoms with Crippen LogP contribution >= 0.6 is 0 Å². The maximum Gasteiger partial charge on any atom is 0.340 e. The summed E-state index contributed by atoms with van der Waals surface area (Å²) in [6, 6.07) is 8.60. The van der Waals surface area contributed by atoms with Gasteiger partial charge in [-0.25, -0.2) is 4.79 Å². The van der Waals surface area contributed by atoms with Gasteiger partial charge in [0.05, 0.1) is 5.56 Å². The van der Waals surface area contributed by atoms with Gasteiger partial charge < -0.3 is 18.7 Å². The molecule has 1 aliphatic heterocycles. The number of hydrogen-bond donors (Lipinski definition) is 0. The maximum atomic E-state index is 11.8. The van der Waals surface area contributed by atoms with E-state index in [9.17, 15) is 4.79 Å². The average molecular weight is 325 g/mol. The molecule has 0 fully saturated rings. The van der Waals surface area contributed by atoms with E-state index < -0.39 is 5.97 Å². The first-order valence-corrected chi connectivity index (χ1v) is 7.09. The van der Waals surface area contributed by atoms with Crippen LogP contribution in [0.2, 0.25) is 0 Å². The van der Waals surface area contributed by atoms with Gasteiger partial charge in [0.1, 0.15) is 0 Å². The number of fused-ring (bicyclic) bond motifs is 1. The third-order valence-electron chi connectivity index (χ3n) is 3.32. The van der Waals surface area contributed by atoms with Gasteiger partial charge in [0.25, 0.3) is 5.89 Å². The molecule has 1 aromatic carbocycles. The average Bonchev–Trinajstić information content (AvgIpc) is 3.29. The summed E-state index contributed by atoms with van der Waals surface area (Å²) in [5.41, 5.74) is 1.07. The van der Waals surface area contributed by atoms with Gasteiger partial charge in [0, 0.05) is 18.0 Å². The lowest BCUT2D eigenvalue weighted by Gasteiger charge is -2.00. The van der Waals surface area contributed by atoms with Crippen LogP contribution in [-0.4, -0.2) is 27.9 Å². The van der Waals surface area contributed by atoms with Crippen molar-refractivity contribution in [3.05, 3.63) is 54.2 Å². The van der Waals surface area contributed by atoms with Crippen molar-refractivity contribution in [2.24, 2.45) is 0 Å². The zero-order valence-electron chi connectivity index (χ0n) is 12.3. The highest BCUT2D eigenvalue weighted by molar-refractivity contribution is 5.88. The molecule has 3 heterocycles. The van der Waals surface area contributed by atoms with E-state index in [1.54, 1.807) is 36.5 Å². The van der Waals surface area contributed by atoms with Crippen molar-refractivity contribution < 1.29 is 23.5 Å². The lowest BCUT2D eigenvalue weighted by Crippen LogP contribution is -2.05. The summed E-state index contributed by atoms with van der Waals surface area (Å²) >= 11 is 0. The van der Waals surface area contributed by atoms with Crippen LogP contribution in [0.25, 0.3) is 11.4 Å². The standard InChI is InChI=1S/C16H11N3O5/c20-16(11-2-1-5-17-7-11)21-8-14-18-15(19-24-14)10-3-4-12-13(6-10)23-9-22-12/h1-7H,8-9H2. The van der Waals surface area contributed by atoms with Crippen LogP contribution in [0.1, 0.15) is 16.2 Å². The smallest absolute Gasteiger partial charge is 0.340 e. The molecule has 0 N–H and O–H groups in total. The number of aromatic nitrogens is 3. The van der Waals surface area contributed by atoms with Crippen molar-refractivity contribution in [1.82, 2.24) is 15.1 Å². The Morgan fingerprint density at radius 1 is 1.21 bits per heavy atom. The van der Waals surface area contributed by atoms with Crippen molar-refractivity contribution in [3.8, 4) is 22.9 Å². The first-order valence-electron chi connectivity index (χ1n) is 7.09. The molecule has 3 aromatic rings. The van der Waals surface area contributed by atoms with Gasteiger partial charge in [-0.3, -0.25) is 4.98 Å². The number of nitrogens with zero attached hydrogens (tertiary/aromatic N) is 3. The lowest BCUT2D eigenvalue weighted by molar-refractivity contribution is 0.0429.